The lowest BCUT2D eigenvalue weighted by molar-refractivity contribution is 0.484. The molecule has 0 bridgehead atoms. The molecule has 9 rings (SSSR count). The van der Waals surface area contributed by atoms with Crippen LogP contribution in [0.3, 0.4) is 0 Å². The molecule has 0 radical (unpaired) electrons. The summed E-state index contributed by atoms with van der Waals surface area (Å²) >= 11 is 0. The summed E-state index contributed by atoms with van der Waals surface area (Å²) in [5.74, 6) is 2.76. The van der Waals surface area contributed by atoms with E-state index in [0.29, 0.717) is 23.0 Å². The van der Waals surface area contributed by atoms with Gasteiger partial charge in [-0.1, -0.05) is 118 Å². The van der Waals surface area contributed by atoms with Gasteiger partial charge in [-0.05, 0) is 70.6 Å². The average Bonchev–Trinajstić information content (AvgIpc) is 3.84. The second-order valence-electron chi connectivity index (χ2n) is 14.7. The third kappa shape index (κ3) is 6.22. The SMILES string of the molecule is [C-]#[N+]c1cc(Oc2ccc3c4ccccc4n(-c4cc(C(C)(C)C)ccn4)c3c2)cc(-c2nccn2-c2c(-c3ccccc3)cccc2-c2ccccc2)c1. The molecule has 264 valence electrons. The van der Waals surface area contributed by atoms with Crippen LogP contribution >= 0.6 is 0 Å². The van der Waals surface area contributed by atoms with E-state index in [0.717, 1.165) is 61.1 Å². The van der Waals surface area contributed by atoms with Crippen molar-refractivity contribution in [2.75, 3.05) is 0 Å². The predicted molar refractivity (Wildman–Crippen MR) is 223 cm³/mol. The number of imidazole rings is 1. The summed E-state index contributed by atoms with van der Waals surface area (Å²) < 4.78 is 11.0. The van der Waals surface area contributed by atoms with E-state index in [1.807, 2.05) is 48.9 Å². The maximum Gasteiger partial charge on any atom is 0.191 e. The minimum Gasteiger partial charge on any atom is -0.459 e. The predicted octanol–water partition coefficient (Wildman–Crippen LogP) is 13.0. The molecule has 6 aromatic carbocycles. The van der Waals surface area contributed by atoms with Gasteiger partial charge in [-0.2, -0.15) is 0 Å². The van der Waals surface area contributed by atoms with Gasteiger partial charge >= 0.3 is 0 Å². The topological polar surface area (TPSA) is 49.2 Å². The van der Waals surface area contributed by atoms with Gasteiger partial charge in [0.15, 0.2) is 5.69 Å². The quantitative estimate of drug-likeness (QED) is 0.155. The molecular formula is C49H37N5O. The van der Waals surface area contributed by atoms with Gasteiger partial charge in [0.05, 0.1) is 23.3 Å². The van der Waals surface area contributed by atoms with E-state index >= 15 is 0 Å². The molecule has 0 fully saturated rings. The second kappa shape index (κ2) is 13.6. The molecule has 0 aliphatic heterocycles. The van der Waals surface area contributed by atoms with Crippen LogP contribution in [0.1, 0.15) is 26.3 Å². The first-order chi connectivity index (χ1) is 26.9. The number of hydrogen-bond donors (Lipinski definition) is 0. The number of pyridine rings is 1. The van der Waals surface area contributed by atoms with E-state index in [1.54, 1.807) is 6.07 Å². The van der Waals surface area contributed by atoms with Crippen molar-refractivity contribution < 1.29 is 4.74 Å². The Balaban J connectivity index is 1.16. The van der Waals surface area contributed by atoms with Crippen LogP contribution in [0.5, 0.6) is 11.5 Å². The van der Waals surface area contributed by atoms with Gasteiger partial charge in [0.25, 0.3) is 0 Å². The molecular weight excluding hydrogens is 675 g/mol. The maximum absolute atomic E-state index is 8.04. The van der Waals surface area contributed by atoms with Crippen molar-refractivity contribution in [1.29, 1.82) is 0 Å². The number of benzene rings is 6. The first kappa shape index (κ1) is 33.6. The molecule has 0 atom stereocenters. The summed E-state index contributed by atoms with van der Waals surface area (Å²) in [6.45, 7) is 14.7. The first-order valence-electron chi connectivity index (χ1n) is 18.3. The lowest BCUT2D eigenvalue weighted by Gasteiger charge is -2.20. The van der Waals surface area contributed by atoms with Gasteiger partial charge in [0.2, 0.25) is 0 Å². The Labute approximate surface area is 320 Å². The Hall–Kier alpha value is -7.23. The van der Waals surface area contributed by atoms with Gasteiger partial charge in [-0.15, -0.1) is 0 Å². The van der Waals surface area contributed by atoms with Crippen molar-refractivity contribution in [3.05, 3.63) is 187 Å². The number of fused-ring (bicyclic) bond motifs is 3. The monoisotopic (exact) mass is 711 g/mol. The number of nitrogens with zero attached hydrogens (tertiary/aromatic N) is 5. The van der Waals surface area contributed by atoms with Crippen LogP contribution in [0.2, 0.25) is 0 Å². The largest absolute Gasteiger partial charge is 0.459 e. The highest BCUT2D eigenvalue weighted by molar-refractivity contribution is 6.09. The summed E-state index contributed by atoms with van der Waals surface area (Å²) in [5.41, 5.74) is 9.82. The average molecular weight is 712 g/mol. The van der Waals surface area contributed by atoms with E-state index in [4.69, 9.17) is 21.3 Å². The molecule has 0 unspecified atom stereocenters. The molecule has 0 spiro atoms. The normalized spacial score (nSPS) is 11.5. The van der Waals surface area contributed by atoms with Gasteiger partial charge in [0.1, 0.15) is 23.1 Å². The lowest BCUT2D eigenvalue weighted by Crippen LogP contribution is -2.12. The number of ether oxygens (including phenoxy) is 1. The molecule has 0 saturated heterocycles. The van der Waals surface area contributed by atoms with E-state index < -0.39 is 0 Å². The van der Waals surface area contributed by atoms with Crippen molar-refractivity contribution in [2.24, 2.45) is 0 Å². The van der Waals surface area contributed by atoms with Crippen LogP contribution in [-0.2, 0) is 5.41 Å². The Morgan fingerprint density at radius 2 is 1.27 bits per heavy atom. The molecule has 3 heterocycles. The highest BCUT2D eigenvalue weighted by Crippen LogP contribution is 2.41. The number of hydrogen-bond acceptors (Lipinski definition) is 3. The zero-order valence-electron chi connectivity index (χ0n) is 30.8. The van der Waals surface area contributed by atoms with Crippen LogP contribution < -0.4 is 4.74 Å². The van der Waals surface area contributed by atoms with Crippen molar-refractivity contribution in [3.63, 3.8) is 0 Å². The zero-order chi connectivity index (χ0) is 37.5. The van der Waals surface area contributed by atoms with E-state index in [2.05, 4.69) is 150 Å². The van der Waals surface area contributed by atoms with Crippen molar-refractivity contribution in [1.82, 2.24) is 19.1 Å². The molecule has 0 aliphatic rings. The van der Waals surface area contributed by atoms with Crippen molar-refractivity contribution in [3.8, 4) is 56.6 Å². The van der Waals surface area contributed by atoms with E-state index in [9.17, 15) is 0 Å². The molecule has 0 saturated carbocycles. The smallest absolute Gasteiger partial charge is 0.191 e. The highest BCUT2D eigenvalue weighted by Gasteiger charge is 2.21. The van der Waals surface area contributed by atoms with Crippen molar-refractivity contribution in [2.45, 2.75) is 26.2 Å². The highest BCUT2D eigenvalue weighted by atomic mass is 16.5. The zero-order valence-corrected chi connectivity index (χ0v) is 30.8. The van der Waals surface area contributed by atoms with Gasteiger partial charge < -0.3 is 4.74 Å². The summed E-state index contributed by atoms with van der Waals surface area (Å²) in [6.07, 6.45) is 5.69. The summed E-state index contributed by atoms with van der Waals surface area (Å²) in [4.78, 5) is 13.6. The van der Waals surface area contributed by atoms with Crippen LogP contribution in [-0.4, -0.2) is 19.1 Å². The number of aromatic nitrogens is 4. The van der Waals surface area contributed by atoms with Crippen LogP contribution in [0.15, 0.2) is 170 Å². The molecule has 9 aromatic rings. The molecule has 55 heavy (non-hydrogen) atoms. The molecule has 0 N–H and O–H groups in total. The molecule has 3 aromatic heterocycles. The summed E-state index contributed by atoms with van der Waals surface area (Å²) in [5, 5.41) is 2.25. The Kier molecular flexibility index (Phi) is 8.33. The number of para-hydroxylation sites is 2. The van der Waals surface area contributed by atoms with Gasteiger partial charge in [-0.3, -0.25) is 9.13 Å². The van der Waals surface area contributed by atoms with E-state index in [-0.39, 0.29) is 5.41 Å². The van der Waals surface area contributed by atoms with Gasteiger partial charge in [-0.25, -0.2) is 14.8 Å². The third-order valence-corrected chi connectivity index (χ3v) is 10.1. The maximum atomic E-state index is 8.04. The number of rotatable bonds is 7. The third-order valence-electron chi connectivity index (χ3n) is 10.1. The molecule has 6 heteroatoms. The standard InChI is InChI=1S/C49H37N5O/c1-49(2,3)36-24-25-51-46(30-36)54-44-21-12-11-18-42(44)43-23-22-38(32-45(43)54)55-39-29-35(28-37(31-39)50-4)48-52-26-27-53(48)47-40(33-14-7-5-8-15-33)19-13-20-41(47)34-16-9-6-10-17-34/h5-32H,1-3H3. The minimum atomic E-state index is -0.0300. The lowest BCUT2D eigenvalue weighted by atomic mass is 9.88. The molecule has 0 amide bonds. The van der Waals surface area contributed by atoms with Gasteiger partial charge in [0, 0.05) is 52.1 Å². The van der Waals surface area contributed by atoms with E-state index in [1.165, 1.54) is 5.56 Å². The first-order valence-corrected chi connectivity index (χ1v) is 18.3. The Morgan fingerprint density at radius 1 is 0.582 bits per heavy atom. The van der Waals surface area contributed by atoms with Crippen LogP contribution in [0, 0.1) is 6.57 Å². The second-order valence-corrected chi connectivity index (χ2v) is 14.7. The van der Waals surface area contributed by atoms with Crippen LogP contribution in [0.25, 0.3) is 71.8 Å². The van der Waals surface area contributed by atoms with Crippen molar-refractivity contribution >= 4 is 27.5 Å². The fourth-order valence-corrected chi connectivity index (χ4v) is 7.44. The minimum absolute atomic E-state index is 0.0300. The Bertz CT molecular complexity index is 2830. The molecule has 6 nitrogen and oxygen atoms in total. The summed E-state index contributed by atoms with van der Waals surface area (Å²) in [6, 6.07) is 51.7. The Morgan fingerprint density at radius 3 is 1.98 bits per heavy atom. The summed E-state index contributed by atoms with van der Waals surface area (Å²) in [7, 11) is 0. The fraction of sp³-hybridized carbons (Fsp3) is 0.0816. The molecule has 0 aliphatic carbocycles. The fourth-order valence-electron chi connectivity index (χ4n) is 7.44. The van der Waals surface area contributed by atoms with Crippen LogP contribution in [0.4, 0.5) is 5.69 Å².